The first-order valence-corrected chi connectivity index (χ1v) is 10.3. The third kappa shape index (κ3) is 3.59. The zero-order valence-electron chi connectivity index (χ0n) is 16.1. The summed E-state index contributed by atoms with van der Waals surface area (Å²) in [5, 5.41) is 0. The number of carbonyl (C=O) groups excluding carboxylic acids is 1. The number of ether oxygens (including phenoxy) is 1. The average Bonchev–Trinajstić information content (AvgIpc) is 2.83. The fourth-order valence-electron chi connectivity index (χ4n) is 4.66. The normalized spacial score (nSPS) is 25.0. The molecule has 1 aromatic heterocycles. The first-order chi connectivity index (χ1) is 12.6. The van der Waals surface area contributed by atoms with Crippen LogP contribution in [-0.4, -0.2) is 52.5 Å². The molecule has 26 heavy (non-hydrogen) atoms. The van der Waals surface area contributed by atoms with Gasteiger partial charge < -0.3 is 14.5 Å². The molecule has 0 bridgehead atoms. The third-order valence-corrected chi connectivity index (χ3v) is 6.24. The number of likely N-dealkylation sites (tertiary alicyclic amines) is 1. The topological polar surface area (TPSA) is 45.7 Å². The fraction of sp³-hybridized carbons (Fsp3) is 0.714. The summed E-state index contributed by atoms with van der Waals surface area (Å²) in [6, 6.07) is 5.02. The van der Waals surface area contributed by atoms with Crippen molar-refractivity contribution in [3.05, 3.63) is 23.4 Å². The van der Waals surface area contributed by atoms with Crippen molar-refractivity contribution in [1.29, 1.82) is 0 Å². The highest BCUT2D eigenvalue weighted by atomic mass is 16.5. The molecule has 1 atom stereocenters. The number of hydrogen-bond acceptors (Lipinski definition) is 4. The van der Waals surface area contributed by atoms with E-state index in [1.807, 2.05) is 6.07 Å². The minimum absolute atomic E-state index is 0.226. The van der Waals surface area contributed by atoms with Crippen LogP contribution in [0, 0.1) is 0 Å². The van der Waals surface area contributed by atoms with Crippen LogP contribution in [0.15, 0.2) is 12.1 Å². The minimum atomic E-state index is 0.226. The van der Waals surface area contributed by atoms with E-state index in [-0.39, 0.29) is 12.1 Å². The van der Waals surface area contributed by atoms with E-state index >= 15 is 0 Å². The number of aromatic nitrogens is 1. The van der Waals surface area contributed by atoms with Gasteiger partial charge in [-0.15, -0.1) is 0 Å². The SMILES string of the molecule is CC(C)N1CCC(Oc2ccc3c(n2)CCN2C(=O)CCCCC32)CC1. The van der Waals surface area contributed by atoms with Crippen LogP contribution in [-0.2, 0) is 11.2 Å². The molecule has 3 aliphatic heterocycles. The van der Waals surface area contributed by atoms with E-state index in [4.69, 9.17) is 9.72 Å². The van der Waals surface area contributed by atoms with Gasteiger partial charge in [-0.25, -0.2) is 4.98 Å². The molecule has 1 unspecified atom stereocenters. The van der Waals surface area contributed by atoms with Crippen molar-refractivity contribution in [1.82, 2.24) is 14.8 Å². The lowest BCUT2D eigenvalue weighted by atomic mass is 9.94. The molecule has 2 fully saturated rings. The van der Waals surface area contributed by atoms with Crippen LogP contribution in [0.1, 0.15) is 69.7 Å². The Hall–Kier alpha value is -1.62. The molecule has 0 aliphatic carbocycles. The van der Waals surface area contributed by atoms with Crippen LogP contribution in [0.3, 0.4) is 0 Å². The van der Waals surface area contributed by atoms with Gasteiger partial charge in [0.2, 0.25) is 11.8 Å². The van der Waals surface area contributed by atoms with Crippen LogP contribution < -0.4 is 4.74 Å². The summed E-state index contributed by atoms with van der Waals surface area (Å²) in [7, 11) is 0. The summed E-state index contributed by atoms with van der Waals surface area (Å²) in [5.41, 5.74) is 2.38. The summed E-state index contributed by atoms with van der Waals surface area (Å²) < 4.78 is 6.21. The lowest BCUT2D eigenvalue weighted by molar-refractivity contribution is -0.133. The summed E-state index contributed by atoms with van der Waals surface area (Å²) >= 11 is 0. The van der Waals surface area contributed by atoms with Crippen molar-refractivity contribution in [3.63, 3.8) is 0 Å². The highest BCUT2D eigenvalue weighted by Crippen LogP contribution is 2.36. The molecule has 1 aromatic rings. The van der Waals surface area contributed by atoms with Crippen LogP contribution >= 0.6 is 0 Å². The fourth-order valence-corrected chi connectivity index (χ4v) is 4.66. The first kappa shape index (κ1) is 17.8. The lowest BCUT2D eigenvalue weighted by Crippen LogP contribution is -2.42. The van der Waals surface area contributed by atoms with Gasteiger partial charge >= 0.3 is 0 Å². The highest BCUT2D eigenvalue weighted by Gasteiger charge is 2.33. The van der Waals surface area contributed by atoms with Gasteiger partial charge in [-0.1, -0.05) is 6.42 Å². The molecule has 142 valence electrons. The molecule has 0 N–H and O–H groups in total. The number of fused-ring (bicyclic) bond motifs is 3. The van der Waals surface area contributed by atoms with Gasteiger partial charge in [-0.3, -0.25) is 4.79 Å². The van der Waals surface area contributed by atoms with Crippen LogP contribution in [0.4, 0.5) is 0 Å². The van der Waals surface area contributed by atoms with E-state index in [1.54, 1.807) is 0 Å². The second-order valence-corrected chi connectivity index (χ2v) is 8.23. The Morgan fingerprint density at radius 3 is 2.65 bits per heavy atom. The second-order valence-electron chi connectivity index (χ2n) is 8.23. The quantitative estimate of drug-likeness (QED) is 0.832. The first-order valence-electron chi connectivity index (χ1n) is 10.3. The highest BCUT2D eigenvalue weighted by molar-refractivity contribution is 5.77. The molecular formula is C21H31N3O2. The molecule has 5 heteroatoms. The third-order valence-electron chi connectivity index (χ3n) is 6.24. The molecule has 4 rings (SSSR count). The van der Waals surface area contributed by atoms with Crippen molar-refractivity contribution in [2.45, 2.75) is 77.0 Å². The molecule has 0 radical (unpaired) electrons. The van der Waals surface area contributed by atoms with Crippen LogP contribution in [0.5, 0.6) is 5.88 Å². The molecule has 0 aromatic carbocycles. The predicted octanol–water partition coefficient (Wildman–Crippen LogP) is 3.33. The van der Waals surface area contributed by atoms with Crippen LogP contribution in [0.2, 0.25) is 0 Å². The van der Waals surface area contributed by atoms with Crippen molar-refractivity contribution in [3.8, 4) is 5.88 Å². The predicted molar refractivity (Wildman–Crippen MR) is 101 cm³/mol. The monoisotopic (exact) mass is 357 g/mol. The molecule has 3 aliphatic rings. The number of carbonyl (C=O) groups is 1. The maximum atomic E-state index is 12.3. The lowest BCUT2D eigenvalue weighted by Gasteiger charge is -2.36. The number of pyridine rings is 1. The smallest absolute Gasteiger partial charge is 0.223 e. The molecular weight excluding hydrogens is 326 g/mol. The Bertz CT molecular complexity index is 653. The summed E-state index contributed by atoms with van der Waals surface area (Å²) in [4.78, 5) is 21.8. The Labute approximate surface area is 156 Å². The van der Waals surface area contributed by atoms with Gasteiger partial charge in [-0.05, 0) is 51.2 Å². The molecule has 1 amide bonds. The average molecular weight is 357 g/mol. The van der Waals surface area contributed by atoms with Crippen molar-refractivity contribution in [2.75, 3.05) is 19.6 Å². The van der Waals surface area contributed by atoms with Gasteiger partial charge in [0.25, 0.3) is 0 Å². The maximum Gasteiger partial charge on any atom is 0.223 e. The molecule has 0 spiro atoms. The Kier molecular flexibility index (Phi) is 5.16. The molecule has 0 saturated carbocycles. The van der Waals surface area contributed by atoms with Crippen molar-refractivity contribution in [2.24, 2.45) is 0 Å². The van der Waals surface area contributed by atoms with E-state index in [2.05, 4.69) is 29.7 Å². The van der Waals surface area contributed by atoms with Crippen molar-refractivity contribution < 1.29 is 9.53 Å². The largest absolute Gasteiger partial charge is 0.474 e. The summed E-state index contributed by atoms with van der Waals surface area (Å²) in [5.74, 6) is 1.08. The summed E-state index contributed by atoms with van der Waals surface area (Å²) in [6.07, 6.45) is 7.17. The Morgan fingerprint density at radius 1 is 1.08 bits per heavy atom. The Balaban J connectivity index is 1.44. The summed E-state index contributed by atoms with van der Waals surface area (Å²) in [6.45, 7) is 7.53. The van der Waals surface area contributed by atoms with Gasteiger partial charge in [-0.2, -0.15) is 0 Å². The maximum absolute atomic E-state index is 12.3. The number of nitrogens with zero attached hydrogens (tertiary/aromatic N) is 3. The van der Waals surface area contributed by atoms with Gasteiger partial charge in [0.05, 0.1) is 11.7 Å². The van der Waals surface area contributed by atoms with E-state index in [1.165, 1.54) is 5.56 Å². The molecule has 2 saturated heterocycles. The standard InChI is InChI=1S/C21H31N3O2/c1-15(2)23-12-9-16(10-13-23)26-20-8-7-17-18(22-20)11-14-24-19(17)5-3-4-6-21(24)25/h7-8,15-16,19H,3-6,9-14H2,1-2H3. The number of amides is 1. The Morgan fingerprint density at radius 2 is 1.88 bits per heavy atom. The zero-order valence-corrected chi connectivity index (χ0v) is 16.1. The van der Waals surface area contributed by atoms with Gasteiger partial charge in [0, 0.05) is 44.6 Å². The van der Waals surface area contributed by atoms with E-state index < -0.39 is 0 Å². The van der Waals surface area contributed by atoms with E-state index in [0.29, 0.717) is 18.4 Å². The molecule has 5 nitrogen and oxygen atoms in total. The number of piperidine rings is 1. The number of hydrogen-bond donors (Lipinski definition) is 0. The van der Waals surface area contributed by atoms with Gasteiger partial charge in [0.15, 0.2) is 0 Å². The van der Waals surface area contributed by atoms with Crippen molar-refractivity contribution >= 4 is 5.91 Å². The minimum Gasteiger partial charge on any atom is -0.474 e. The van der Waals surface area contributed by atoms with E-state index in [0.717, 1.165) is 69.7 Å². The second kappa shape index (κ2) is 7.55. The van der Waals surface area contributed by atoms with Crippen LogP contribution in [0.25, 0.3) is 0 Å². The van der Waals surface area contributed by atoms with Gasteiger partial charge in [0.1, 0.15) is 6.10 Å². The number of rotatable bonds is 3. The zero-order chi connectivity index (χ0) is 18.1. The molecule has 4 heterocycles. The van der Waals surface area contributed by atoms with E-state index in [9.17, 15) is 4.79 Å².